The predicted octanol–water partition coefficient (Wildman–Crippen LogP) is 3.58. The van der Waals surface area contributed by atoms with Crippen molar-refractivity contribution in [3.63, 3.8) is 0 Å². The Morgan fingerprint density at radius 3 is 2.48 bits per heavy atom. The molecule has 0 saturated carbocycles. The van der Waals surface area contributed by atoms with Gasteiger partial charge in [0.15, 0.2) is 5.78 Å². The Bertz CT molecular complexity index is 1160. The first kappa shape index (κ1) is 20.4. The second kappa shape index (κ2) is 8.07. The van der Waals surface area contributed by atoms with Gasteiger partial charge >= 0.3 is 0 Å². The average molecular weight is 416 g/mol. The van der Waals surface area contributed by atoms with E-state index in [9.17, 15) is 19.2 Å². The highest BCUT2D eigenvalue weighted by molar-refractivity contribution is 6.00. The van der Waals surface area contributed by atoms with Crippen LogP contribution in [0.4, 0.5) is 4.39 Å². The van der Waals surface area contributed by atoms with Crippen LogP contribution in [0.5, 0.6) is 0 Å². The van der Waals surface area contributed by atoms with Crippen molar-refractivity contribution in [2.75, 3.05) is 0 Å². The summed E-state index contributed by atoms with van der Waals surface area (Å²) >= 11 is 0. The zero-order chi connectivity index (χ0) is 22.1. The summed E-state index contributed by atoms with van der Waals surface area (Å²) in [6.45, 7) is 1.92. The first-order valence-corrected chi connectivity index (χ1v) is 10.00. The molecule has 1 aliphatic heterocycles. The quantitative estimate of drug-likeness (QED) is 0.797. The van der Waals surface area contributed by atoms with Crippen molar-refractivity contribution < 1.29 is 14.0 Å². The summed E-state index contributed by atoms with van der Waals surface area (Å²) in [5, 5.41) is 11.3. The van der Waals surface area contributed by atoms with Crippen LogP contribution in [-0.4, -0.2) is 16.7 Å². The van der Waals surface area contributed by atoms with Gasteiger partial charge in [0.05, 0.1) is 17.6 Å². The molecule has 0 saturated heterocycles. The standard InChI is InChI=1S/C24H21FN4O2/c1-14-5-7-16(8-6-14)24(31)28-29-19-3-2-4-20(30)22(19)21(18(13-26)23(29)27)15-9-11-17(25)12-10-15/h5-12,21H,2-4,27H2,1H3,(H,28,31). The molecule has 4 rings (SSSR count). The third-order valence-corrected chi connectivity index (χ3v) is 5.64. The van der Waals surface area contributed by atoms with Gasteiger partial charge in [-0.3, -0.25) is 15.0 Å². The number of nitrogens with one attached hydrogen (secondary N) is 1. The number of aryl methyl sites for hydroxylation is 1. The molecule has 2 aromatic rings. The lowest BCUT2D eigenvalue weighted by Gasteiger charge is -2.39. The number of hydrogen-bond donors (Lipinski definition) is 2. The largest absolute Gasteiger partial charge is 0.383 e. The number of ketones is 1. The molecule has 1 unspecified atom stereocenters. The number of carbonyl (C=O) groups is 2. The van der Waals surface area contributed by atoms with Crippen molar-refractivity contribution in [2.24, 2.45) is 5.73 Å². The molecule has 2 aromatic carbocycles. The van der Waals surface area contributed by atoms with E-state index in [0.29, 0.717) is 41.7 Å². The lowest BCUT2D eigenvalue weighted by molar-refractivity contribution is -0.116. The van der Waals surface area contributed by atoms with Crippen LogP contribution in [0.25, 0.3) is 0 Å². The molecule has 0 aromatic heterocycles. The molecule has 2 aliphatic rings. The third kappa shape index (κ3) is 3.68. The van der Waals surface area contributed by atoms with Gasteiger partial charge in [-0.05, 0) is 49.6 Å². The fourth-order valence-electron chi connectivity index (χ4n) is 4.07. The summed E-state index contributed by atoms with van der Waals surface area (Å²) in [5.41, 5.74) is 12.3. The fraction of sp³-hybridized carbons (Fsp3) is 0.208. The summed E-state index contributed by atoms with van der Waals surface area (Å²) in [6, 6.07) is 14.8. The second-order valence-electron chi connectivity index (χ2n) is 7.67. The van der Waals surface area contributed by atoms with Crippen molar-refractivity contribution >= 4 is 11.7 Å². The van der Waals surface area contributed by atoms with Gasteiger partial charge in [0.2, 0.25) is 0 Å². The number of allylic oxidation sites excluding steroid dienone is 3. The Kier molecular flexibility index (Phi) is 5.30. The summed E-state index contributed by atoms with van der Waals surface area (Å²) in [7, 11) is 0. The summed E-state index contributed by atoms with van der Waals surface area (Å²) < 4.78 is 13.5. The first-order valence-electron chi connectivity index (χ1n) is 10.00. The molecule has 7 heteroatoms. The van der Waals surface area contributed by atoms with Crippen molar-refractivity contribution in [3.8, 4) is 6.07 Å². The molecule has 1 atom stereocenters. The van der Waals surface area contributed by atoms with E-state index in [1.807, 2.05) is 19.1 Å². The van der Waals surface area contributed by atoms with Gasteiger partial charge < -0.3 is 5.73 Å². The maximum absolute atomic E-state index is 13.5. The van der Waals surface area contributed by atoms with E-state index in [-0.39, 0.29) is 17.2 Å². The van der Waals surface area contributed by atoms with Gasteiger partial charge in [-0.25, -0.2) is 9.40 Å². The molecule has 0 radical (unpaired) electrons. The highest BCUT2D eigenvalue weighted by Gasteiger charge is 2.40. The van der Waals surface area contributed by atoms with Crippen molar-refractivity contribution in [1.29, 1.82) is 5.26 Å². The van der Waals surface area contributed by atoms with E-state index in [2.05, 4.69) is 11.5 Å². The molecular weight excluding hydrogens is 395 g/mol. The minimum Gasteiger partial charge on any atom is -0.383 e. The molecule has 0 spiro atoms. The van der Waals surface area contributed by atoms with Gasteiger partial charge in [-0.2, -0.15) is 5.26 Å². The van der Waals surface area contributed by atoms with Crippen molar-refractivity contribution in [2.45, 2.75) is 32.1 Å². The van der Waals surface area contributed by atoms with Gasteiger partial charge in [-0.1, -0.05) is 29.8 Å². The molecule has 156 valence electrons. The van der Waals surface area contributed by atoms with Gasteiger partial charge in [0, 0.05) is 23.3 Å². The Hall–Kier alpha value is -3.92. The maximum atomic E-state index is 13.5. The predicted molar refractivity (Wildman–Crippen MR) is 112 cm³/mol. The van der Waals surface area contributed by atoms with Gasteiger partial charge in [0.25, 0.3) is 5.91 Å². The van der Waals surface area contributed by atoms with E-state index >= 15 is 0 Å². The number of benzene rings is 2. The molecule has 31 heavy (non-hydrogen) atoms. The molecule has 3 N–H and O–H groups in total. The lowest BCUT2D eigenvalue weighted by Crippen LogP contribution is -2.48. The Morgan fingerprint density at radius 1 is 1.16 bits per heavy atom. The Morgan fingerprint density at radius 2 is 1.84 bits per heavy atom. The van der Waals surface area contributed by atoms with E-state index in [1.165, 1.54) is 17.1 Å². The monoisotopic (exact) mass is 416 g/mol. The smallest absolute Gasteiger partial charge is 0.270 e. The number of nitriles is 1. The van der Waals surface area contributed by atoms with Crippen LogP contribution >= 0.6 is 0 Å². The van der Waals surface area contributed by atoms with Crippen LogP contribution in [0.1, 0.15) is 46.7 Å². The lowest BCUT2D eigenvalue weighted by atomic mass is 9.76. The minimum atomic E-state index is -0.694. The molecule has 1 aliphatic carbocycles. The Labute approximate surface area is 179 Å². The van der Waals surface area contributed by atoms with Crippen LogP contribution in [-0.2, 0) is 4.79 Å². The number of rotatable bonds is 3. The highest BCUT2D eigenvalue weighted by Crippen LogP contribution is 2.44. The minimum absolute atomic E-state index is 0.0609. The SMILES string of the molecule is Cc1ccc(C(=O)NN2C(N)=C(C#N)C(c3ccc(F)cc3)C3=C2CCCC3=O)cc1. The van der Waals surface area contributed by atoms with Crippen LogP contribution in [0.2, 0.25) is 0 Å². The second-order valence-corrected chi connectivity index (χ2v) is 7.67. The topological polar surface area (TPSA) is 99.2 Å². The highest BCUT2D eigenvalue weighted by atomic mass is 19.1. The number of Topliss-reactive ketones (excluding diaryl/α,β-unsaturated/α-hetero) is 1. The molecular formula is C24H21FN4O2. The van der Waals surface area contributed by atoms with Crippen LogP contribution < -0.4 is 11.2 Å². The zero-order valence-electron chi connectivity index (χ0n) is 17.0. The van der Waals surface area contributed by atoms with E-state index in [1.54, 1.807) is 24.3 Å². The van der Waals surface area contributed by atoms with E-state index in [0.717, 1.165) is 5.56 Å². The van der Waals surface area contributed by atoms with Crippen LogP contribution in [0.15, 0.2) is 71.2 Å². The van der Waals surface area contributed by atoms with E-state index in [4.69, 9.17) is 5.73 Å². The molecule has 1 heterocycles. The molecule has 0 fully saturated rings. The molecule has 6 nitrogen and oxygen atoms in total. The van der Waals surface area contributed by atoms with Crippen LogP contribution in [0.3, 0.4) is 0 Å². The number of carbonyl (C=O) groups excluding carboxylic acids is 2. The zero-order valence-corrected chi connectivity index (χ0v) is 17.0. The summed E-state index contributed by atoms with van der Waals surface area (Å²) in [6.07, 6.45) is 1.47. The normalized spacial score (nSPS) is 18.5. The maximum Gasteiger partial charge on any atom is 0.270 e. The number of nitrogens with two attached hydrogens (primary N) is 1. The van der Waals surface area contributed by atoms with Crippen molar-refractivity contribution in [1.82, 2.24) is 10.4 Å². The number of hydrogen-bond acceptors (Lipinski definition) is 5. The Balaban J connectivity index is 1.79. The van der Waals surface area contributed by atoms with Crippen LogP contribution in [0, 0.1) is 24.1 Å². The van der Waals surface area contributed by atoms with Gasteiger partial charge in [0.1, 0.15) is 11.6 Å². The molecule has 1 amide bonds. The number of nitrogens with zero attached hydrogens (tertiary/aromatic N) is 2. The number of hydrazine groups is 1. The fourth-order valence-corrected chi connectivity index (χ4v) is 4.07. The number of amides is 1. The first-order chi connectivity index (χ1) is 14.9. The molecule has 0 bridgehead atoms. The number of halogens is 1. The van der Waals surface area contributed by atoms with Gasteiger partial charge in [-0.15, -0.1) is 0 Å². The average Bonchev–Trinajstić information content (AvgIpc) is 2.76. The third-order valence-electron chi connectivity index (χ3n) is 5.64. The summed E-state index contributed by atoms with van der Waals surface area (Å²) in [4.78, 5) is 25.8. The summed E-state index contributed by atoms with van der Waals surface area (Å²) in [5.74, 6) is -1.55. The van der Waals surface area contributed by atoms with Crippen molar-refractivity contribution in [3.05, 3.63) is 93.7 Å². The van der Waals surface area contributed by atoms with E-state index < -0.39 is 17.6 Å².